The van der Waals surface area contributed by atoms with Gasteiger partial charge in [-0.15, -0.1) is 0 Å². The first-order valence-electron chi connectivity index (χ1n) is 11.5. The molecule has 1 saturated heterocycles. The lowest BCUT2D eigenvalue weighted by Gasteiger charge is -2.31. The monoisotopic (exact) mass is 524 g/mol. The standard InChI is InChI=1S/C23H29FN4O7S/c1-5-20(29)27-36(31,32)17-6-7-19(18(24)12-17)35-22-15(4)21(25-13-26-22)34-16-8-10-28(11-9-16)23(30)33-14(2)3/h6-7,12-14,16H,5,8-11H2,1-4H3,(H,27,29). The molecular weight excluding hydrogens is 495 g/mol. The molecule has 0 radical (unpaired) electrons. The Balaban J connectivity index is 1.67. The average molecular weight is 525 g/mol. The fraction of sp³-hybridized carbons (Fsp3) is 0.478. The van der Waals surface area contributed by atoms with Gasteiger partial charge in [0, 0.05) is 32.4 Å². The quantitative estimate of drug-likeness (QED) is 0.551. The molecule has 3 rings (SSSR count). The van der Waals surface area contributed by atoms with Crippen LogP contribution in [-0.4, -0.2) is 60.6 Å². The lowest BCUT2D eigenvalue weighted by molar-refractivity contribution is -0.119. The highest BCUT2D eigenvalue weighted by molar-refractivity contribution is 7.90. The number of hydrogen-bond acceptors (Lipinski definition) is 9. The molecule has 2 amide bonds. The largest absolute Gasteiger partial charge is 0.474 e. The van der Waals surface area contributed by atoms with E-state index in [2.05, 4.69) is 9.97 Å². The van der Waals surface area contributed by atoms with Gasteiger partial charge < -0.3 is 19.1 Å². The minimum Gasteiger partial charge on any atom is -0.474 e. The first kappa shape index (κ1) is 27.1. The molecule has 11 nitrogen and oxygen atoms in total. The van der Waals surface area contributed by atoms with Crippen molar-refractivity contribution in [2.24, 2.45) is 0 Å². The molecule has 0 atom stereocenters. The van der Waals surface area contributed by atoms with E-state index in [0.717, 1.165) is 18.2 Å². The summed E-state index contributed by atoms with van der Waals surface area (Å²) in [5, 5.41) is 0. The SMILES string of the molecule is CCC(=O)NS(=O)(=O)c1ccc(Oc2ncnc(OC3CCN(C(=O)OC(C)C)CC3)c2C)c(F)c1. The first-order valence-corrected chi connectivity index (χ1v) is 12.9. The number of piperidine rings is 1. The van der Waals surface area contributed by atoms with Gasteiger partial charge in [0.25, 0.3) is 10.0 Å². The van der Waals surface area contributed by atoms with Crippen LogP contribution >= 0.6 is 0 Å². The average Bonchev–Trinajstić information content (AvgIpc) is 2.82. The second kappa shape index (κ2) is 11.5. The van der Waals surface area contributed by atoms with Crippen LogP contribution in [-0.2, 0) is 19.6 Å². The number of likely N-dealkylation sites (tertiary alicyclic amines) is 1. The van der Waals surface area contributed by atoms with Crippen LogP contribution in [0.2, 0.25) is 0 Å². The predicted octanol–water partition coefficient (Wildman–Crippen LogP) is 3.32. The Morgan fingerprint density at radius 3 is 2.47 bits per heavy atom. The second-order valence-corrected chi connectivity index (χ2v) is 10.1. The van der Waals surface area contributed by atoms with E-state index in [1.54, 1.807) is 25.7 Å². The van der Waals surface area contributed by atoms with Crippen molar-refractivity contribution in [3.05, 3.63) is 35.9 Å². The topological polar surface area (TPSA) is 137 Å². The molecule has 13 heteroatoms. The van der Waals surface area contributed by atoms with Crippen LogP contribution in [0.1, 0.15) is 45.6 Å². The number of aromatic nitrogens is 2. The van der Waals surface area contributed by atoms with E-state index in [1.807, 2.05) is 4.72 Å². The minimum absolute atomic E-state index is 0.0340. The van der Waals surface area contributed by atoms with Crippen LogP contribution in [0.5, 0.6) is 17.5 Å². The maximum Gasteiger partial charge on any atom is 0.410 e. The van der Waals surface area contributed by atoms with E-state index in [9.17, 15) is 22.4 Å². The molecule has 1 aromatic carbocycles. The smallest absolute Gasteiger partial charge is 0.410 e. The van der Waals surface area contributed by atoms with Gasteiger partial charge in [-0.25, -0.2) is 32.3 Å². The lowest BCUT2D eigenvalue weighted by atomic mass is 10.1. The highest BCUT2D eigenvalue weighted by Gasteiger charge is 2.27. The van der Waals surface area contributed by atoms with Crippen molar-refractivity contribution >= 4 is 22.0 Å². The molecule has 2 heterocycles. The molecule has 0 bridgehead atoms. The summed E-state index contributed by atoms with van der Waals surface area (Å²) in [6.07, 6.45) is 1.58. The van der Waals surface area contributed by atoms with Gasteiger partial charge in [0.2, 0.25) is 17.7 Å². The molecule has 36 heavy (non-hydrogen) atoms. The number of sulfonamides is 1. The molecule has 196 valence electrons. The third-order valence-corrected chi connectivity index (χ3v) is 6.67. The van der Waals surface area contributed by atoms with Crippen molar-refractivity contribution in [3.8, 4) is 17.5 Å². The number of ether oxygens (including phenoxy) is 3. The highest BCUT2D eigenvalue weighted by Crippen LogP contribution is 2.31. The Bertz CT molecular complexity index is 1210. The molecule has 1 N–H and O–H groups in total. The van der Waals surface area contributed by atoms with Crippen LogP contribution in [0.4, 0.5) is 9.18 Å². The van der Waals surface area contributed by atoms with Gasteiger partial charge in [-0.3, -0.25) is 4.79 Å². The number of nitrogens with one attached hydrogen (secondary N) is 1. The number of benzene rings is 1. The summed E-state index contributed by atoms with van der Waals surface area (Å²) >= 11 is 0. The van der Waals surface area contributed by atoms with Crippen molar-refractivity contribution in [1.29, 1.82) is 0 Å². The first-order chi connectivity index (χ1) is 17.0. The third-order valence-electron chi connectivity index (χ3n) is 5.30. The molecule has 0 aliphatic carbocycles. The van der Waals surface area contributed by atoms with Gasteiger partial charge in [-0.05, 0) is 39.0 Å². The van der Waals surface area contributed by atoms with Gasteiger partial charge >= 0.3 is 6.09 Å². The summed E-state index contributed by atoms with van der Waals surface area (Å²) in [6.45, 7) is 7.68. The maximum atomic E-state index is 14.7. The van der Waals surface area contributed by atoms with E-state index in [-0.39, 0.29) is 42.2 Å². The van der Waals surface area contributed by atoms with Crippen molar-refractivity contribution in [1.82, 2.24) is 19.6 Å². The Morgan fingerprint density at radius 2 is 1.86 bits per heavy atom. The Morgan fingerprint density at radius 1 is 1.19 bits per heavy atom. The molecule has 1 fully saturated rings. The van der Waals surface area contributed by atoms with Crippen LogP contribution in [0.25, 0.3) is 0 Å². The fourth-order valence-corrected chi connectivity index (χ4v) is 4.42. The second-order valence-electron chi connectivity index (χ2n) is 8.42. The molecule has 1 aromatic heterocycles. The van der Waals surface area contributed by atoms with Crippen LogP contribution in [0.3, 0.4) is 0 Å². The highest BCUT2D eigenvalue weighted by atomic mass is 32.2. The summed E-state index contributed by atoms with van der Waals surface area (Å²) in [5.41, 5.74) is 0.422. The molecule has 2 aromatic rings. The van der Waals surface area contributed by atoms with Crippen LogP contribution in [0, 0.1) is 12.7 Å². The molecule has 1 aliphatic rings. The normalized spacial score (nSPS) is 14.4. The maximum absolute atomic E-state index is 14.7. The molecule has 0 spiro atoms. The Kier molecular flexibility index (Phi) is 8.66. The molecular formula is C23H29FN4O7S. The third kappa shape index (κ3) is 6.80. The van der Waals surface area contributed by atoms with Gasteiger partial charge in [0.15, 0.2) is 11.6 Å². The number of carbonyl (C=O) groups excluding carboxylic acids is 2. The number of rotatable bonds is 8. The summed E-state index contributed by atoms with van der Waals surface area (Å²) in [7, 11) is -4.20. The van der Waals surface area contributed by atoms with Crippen molar-refractivity contribution in [3.63, 3.8) is 0 Å². The van der Waals surface area contributed by atoms with Gasteiger partial charge in [-0.1, -0.05) is 6.92 Å². The van der Waals surface area contributed by atoms with Crippen molar-refractivity contribution < 1.29 is 36.6 Å². The van der Waals surface area contributed by atoms with Gasteiger partial charge in [0.1, 0.15) is 12.4 Å². The predicted molar refractivity (Wildman–Crippen MR) is 126 cm³/mol. The zero-order valence-electron chi connectivity index (χ0n) is 20.5. The zero-order chi connectivity index (χ0) is 26.5. The summed E-state index contributed by atoms with van der Waals surface area (Å²) in [6, 6.07) is 3.01. The zero-order valence-corrected chi connectivity index (χ0v) is 21.3. The van der Waals surface area contributed by atoms with Gasteiger partial charge in [0.05, 0.1) is 16.6 Å². The van der Waals surface area contributed by atoms with E-state index in [1.165, 1.54) is 13.3 Å². The summed E-state index contributed by atoms with van der Waals surface area (Å²) < 4.78 is 57.7. The number of carbonyl (C=O) groups is 2. The fourth-order valence-electron chi connectivity index (χ4n) is 3.35. The Labute approximate surface area is 209 Å². The summed E-state index contributed by atoms with van der Waals surface area (Å²) in [5.74, 6) is -1.64. The Hall–Kier alpha value is -3.48. The lowest BCUT2D eigenvalue weighted by Crippen LogP contribution is -2.42. The van der Waals surface area contributed by atoms with Crippen molar-refractivity contribution in [2.75, 3.05) is 13.1 Å². The van der Waals surface area contributed by atoms with Crippen LogP contribution < -0.4 is 14.2 Å². The van der Waals surface area contributed by atoms with E-state index < -0.39 is 26.6 Å². The van der Waals surface area contributed by atoms with Crippen molar-refractivity contribution in [2.45, 2.75) is 64.1 Å². The van der Waals surface area contributed by atoms with Gasteiger partial charge in [-0.2, -0.15) is 0 Å². The van der Waals surface area contributed by atoms with E-state index in [4.69, 9.17) is 14.2 Å². The minimum atomic E-state index is -4.20. The van der Waals surface area contributed by atoms with E-state index in [0.29, 0.717) is 31.5 Å². The number of hydrogen-bond donors (Lipinski definition) is 1. The number of halogens is 1. The van der Waals surface area contributed by atoms with Crippen LogP contribution in [0.15, 0.2) is 29.4 Å². The summed E-state index contributed by atoms with van der Waals surface area (Å²) in [4.78, 5) is 32.9. The van der Waals surface area contributed by atoms with E-state index >= 15 is 0 Å². The number of amides is 2. The number of nitrogens with zero attached hydrogens (tertiary/aromatic N) is 3. The molecule has 1 aliphatic heterocycles. The molecule has 0 unspecified atom stereocenters. The molecule has 0 saturated carbocycles.